The van der Waals surface area contributed by atoms with E-state index >= 15 is 0 Å². The molecule has 8 heteroatoms. The maximum absolute atomic E-state index is 11.1. The van der Waals surface area contributed by atoms with E-state index in [1.807, 2.05) is 5.43 Å². The van der Waals surface area contributed by atoms with E-state index < -0.39 is 17.8 Å². The number of carboxylic acid groups (broad SMARTS) is 1. The highest BCUT2D eigenvalue weighted by Gasteiger charge is 2.09. The Bertz CT molecular complexity index is 583. The molecule has 0 aliphatic carbocycles. The van der Waals surface area contributed by atoms with Crippen LogP contribution in [-0.2, 0) is 9.59 Å². The molecule has 0 aliphatic rings. The zero-order valence-electron chi connectivity index (χ0n) is 11.5. The normalized spacial score (nSPS) is 10.2. The minimum atomic E-state index is -1.39. The van der Waals surface area contributed by atoms with Gasteiger partial charge in [-0.05, 0) is 30.7 Å². The summed E-state index contributed by atoms with van der Waals surface area (Å²) in [4.78, 5) is 33.0. The van der Waals surface area contributed by atoms with Crippen molar-refractivity contribution in [1.29, 1.82) is 0 Å². The SMILES string of the molecule is CCOc1ccc(/C=N\NC(=O)C(=O)NC)cc1C(=O)[O-]. The van der Waals surface area contributed by atoms with E-state index in [-0.39, 0.29) is 11.3 Å². The molecule has 0 saturated heterocycles. The zero-order chi connectivity index (χ0) is 15.8. The van der Waals surface area contributed by atoms with Crippen molar-refractivity contribution in [3.63, 3.8) is 0 Å². The molecule has 0 radical (unpaired) electrons. The third-order valence-electron chi connectivity index (χ3n) is 2.34. The largest absolute Gasteiger partial charge is 0.545 e. The van der Waals surface area contributed by atoms with Crippen LogP contribution in [0.3, 0.4) is 0 Å². The molecule has 0 unspecified atom stereocenters. The fraction of sp³-hybridized carbons (Fsp3) is 0.231. The van der Waals surface area contributed by atoms with Gasteiger partial charge >= 0.3 is 11.8 Å². The van der Waals surface area contributed by atoms with Crippen LogP contribution >= 0.6 is 0 Å². The highest BCUT2D eigenvalue weighted by atomic mass is 16.5. The second-order valence-corrected chi connectivity index (χ2v) is 3.75. The smallest absolute Gasteiger partial charge is 0.329 e. The third kappa shape index (κ3) is 4.60. The Balaban J connectivity index is 2.85. The molecule has 1 aromatic rings. The number of nitrogens with one attached hydrogen (secondary N) is 2. The highest BCUT2D eigenvalue weighted by Crippen LogP contribution is 2.18. The van der Waals surface area contributed by atoms with E-state index in [2.05, 4.69) is 10.4 Å². The van der Waals surface area contributed by atoms with Gasteiger partial charge < -0.3 is 20.0 Å². The topological polar surface area (TPSA) is 120 Å². The van der Waals surface area contributed by atoms with Crippen LogP contribution in [0.25, 0.3) is 0 Å². The number of ether oxygens (including phenoxy) is 1. The van der Waals surface area contributed by atoms with Gasteiger partial charge in [0.05, 0.1) is 18.8 Å². The third-order valence-corrected chi connectivity index (χ3v) is 2.34. The lowest BCUT2D eigenvalue weighted by molar-refractivity contribution is -0.255. The van der Waals surface area contributed by atoms with E-state index in [1.165, 1.54) is 25.4 Å². The van der Waals surface area contributed by atoms with Gasteiger partial charge in [0.15, 0.2) is 0 Å². The fourth-order valence-corrected chi connectivity index (χ4v) is 1.40. The Kier molecular flexibility index (Phi) is 5.87. The van der Waals surface area contributed by atoms with Crippen LogP contribution in [0.5, 0.6) is 5.75 Å². The monoisotopic (exact) mass is 292 g/mol. The summed E-state index contributed by atoms with van der Waals surface area (Å²) in [7, 11) is 1.31. The number of benzene rings is 1. The minimum absolute atomic E-state index is 0.126. The quantitative estimate of drug-likeness (QED) is 0.395. The molecule has 0 atom stereocenters. The summed E-state index contributed by atoms with van der Waals surface area (Å²) in [6, 6.07) is 4.29. The molecular weight excluding hydrogens is 278 g/mol. The van der Waals surface area contributed by atoms with Crippen molar-refractivity contribution in [2.45, 2.75) is 6.92 Å². The van der Waals surface area contributed by atoms with E-state index in [1.54, 1.807) is 13.0 Å². The lowest BCUT2D eigenvalue weighted by atomic mass is 10.1. The summed E-state index contributed by atoms with van der Waals surface area (Å²) in [6.07, 6.45) is 1.20. The summed E-state index contributed by atoms with van der Waals surface area (Å²) in [6.45, 7) is 2.04. The molecule has 2 amide bonds. The maximum atomic E-state index is 11.1. The van der Waals surface area contributed by atoms with E-state index in [0.717, 1.165) is 0 Å². The first-order valence-corrected chi connectivity index (χ1v) is 6.02. The minimum Gasteiger partial charge on any atom is -0.545 e. The molecule has 0 spiro atoms. The van der Waals surface area contributed by atoms with Gasteiger partial charge in [-0.2, -0.15) is 5.10 Å². The van der Waals surface area contributed by atoms with Gasteiger partial charge in [-0.25, -0.2) is 5.43 Å². The van der Waals surface area contributed by atoms with Crippen molar-refractivity contribution in [3.05, 3.63) is 29.3 Å². The van der Waals surface area contributed by atoms with Crippen molar-refractivity contribution in [2.24, 2.45) is 5.10 Å². The molecule has 8 nitrogen and oxygen atoms in total. The molecular formula is C13H14N3O5-. The second kappa shape index (κ2) is 7.63. The van der Waals surface area contributed by atoms with Crippen LogP contribution in [0.4, 0.5) is 0 Å². The average molecular weight is 292 g/mol. The van der Waals surface area contributed by atoms with Crippen LogP contribution in [0, 0.1) is 0 Å². The standard InChI is InChI=1S/C13H15N3O5/c1-3-21-10-5-4-8(6-9(10)13(19)20)7-15-16-12(18)11(17)14-2/h4-7H,3H2,1-2H3,(H,14,17)(H,16,18)(H,19,20)/p-1/b15-7-. The Hall–Kier alpha value is -2.90. The van der Waals surface area contributed by atoms with Crippen molar-refractivity contribution in [1.82, 2.24) is 10.7 Å². The van der Waals surface area contributed by atoms with Gasteiger partial charge in [0.25, 0.3) is 0 Å². The number of hydrazone groups is 1. The Morgan fingerprint density at radius 3 is 2.62 bits per heavy atom. The van der Waals surface area contributed by atoms with Gasteiger partial charge in [-0.1, -0.05) is 0 Å². The summed E-state index contributed by atoms with van der Waals surface area (Å²) in [5, 5.41) is 16.7. The van der Waals surface area contributed by atoms with Crippen molar-refractivity contribution in [3.8, 4) is 5.75 Å². The first-order valence-electron chi connectivity index (χ1n) is 6.02. The van der Waals surface area contributed by atoms with Crippen LogP contribution < -0.4 is 20.6 Å². The number of hydrogen-bond acceptors (Lipinski definition) is 6. The van der Waals surface area contributed by atoms with Crippen molar-refractivity contribution < 1.29 is 24.2 Å². The first kappa shape index (κ1) is 16.2. The number of hydrogen-bond donors (Lipinski definition) is 2. The molecule has 0 bridgehead atoms. The number of amides is 2. The lowest BCUT2D eigenvalue weighted by Gasteiger charge is -2.11. The van der Waals surface area contributed by atoms with Crippen LogP contribution in [0.2, 0.25) is 0 Å². The number of carbonyl (C=O) groups is 3. The Morgan fingerprint density at radius 1 is 1.33 bits per heavy atom. The van der Waals surface area contributed by atoms with Crippen molar-refractivity contribution in [2.75, 3.05) is 13.7 Å². The number of carbonyl (C=O) groups excluding carboxylic acids is 3. The average Bonchev–Trinajstić information content (AvgIpc) is 2.47. The lowest BCUT2D eigenvalue weighted by Crippen LogP contribution is -2.35. The van der Waals surface area contributed by atoms with Gasteiger partial charge in [0.2, 0.25) is 0 Å². The molecule has 0 aromatic heterocycles. The maximum Gasteiger partial charge on any atom is 0.329 e. The molecule has 0 heterocycles. The van der Waals surface area contributed by atoms with E-state index in [9.17, 15) is 19.5 Å². The summed E-state index contributed by atoms with van der Waals surface area (Å²) < 4.78 is 5.15. The van der Waals surface area contributed by atoms with Crippen LogP contribution in [-0.4, -0.2) is 37.7 Å². The van der Waals surface area contributed by atoms with Gasteiger partial charge in [0, 0.05) is 12.6 Å². The van der Waals surface area contributed by atoms with E-state index in [4.69, 9.17) is 4.74 Å². The van der Waals surface area contributed by atoms with Crippen molar-refractivity contribution >= 4 is 24.0 Å². The van der Waals surface area contributed by atoms with Gasteiger partial charge in [0.1, 0.15) is 5.75 Å². The molecule has 0 fully saturated rings. The summed E-state index contributed by atoms with van der Waals surface area (Å²) in [5.74, 6) is -2.97. The zero-order valence-corrected chi connectivity index (χ0v) is 11.5. The highest BCUT2D eigenvalue weighted by molar-refractivity contribution is 6.34. The molecule has 21 heavy (non-hydrogen) atoms. The molecule has 0 aliphatic heterocycles. The molecule has 112 valence electrons. The Labute approximate surface area is 120 Å². The molecule has 1 aromatic carbocycles. The molecule has 0 saturated carbocycles. The van der Waals surface area contributed by atoms with Crippen LogP contribution in [0.15, 0.2) is 23.3 Å². The number of nitrogens with zero attached hydrogens (tertiary/aromatic N) is 1. The predicted octanol–water partition coefficient (Wildman–Crippen LogP) is -1.36. The van der Waals surface area contributed by atoms with Crippen LogP contribution in [0.1, 0.15) is 22.8 Å². The predicted molar refractivity (Wildman–Crippen MR) is 71.7 cm³/mol. The summed E-state index contributed by atoms with van der Waals surface area (Å²) >= 11 is 0. The molecule has 1 rings (SSSR count). The number of rotatable bonds is 5. The fourth-order valence-electron chi connectivity index (χ4n) is 1.40. The summed E-state index contributed by atoms with van der Waals surface area (Å²) in [5.41, 5.74) is 2.27. The Morgan fingerprint density at radius 2 is 2.05 bits per heavy atom. The number of likely N-dealkylation sites (N-methyl/N-ethyl adjacent to an activating group) is 1. The second-order valence-electron chi connectivity index (χ2n) is 3.75. The molecule has 2 N–H and O–H groups in total. The first-order chi connectivity index (χ1) is 9.99. The number of aromatic carboxylic acids is 1. The van der Waals surface area contributed by atoms with E-state index in [0.29, 0.717) is 12.2 Å². The van der Waals surface area contributed by atoms with Gasteiger partial charge in [-0.3, -0.25) is 9.59 Å². The van der Waals surface area contributed by atoms with Gasteiger partial charge in [-0.15, -0.1) is 0 Å². The number of carboxylic acids is 1.